The summed E-state index contributed by atoms with van der Waals surface area (Å²) in [6, 6.07) is 9.11. The van der Waals surface area contributed by atoms with Crippen LogP contribution < -0.4 is 16.0 Å². The summed E-state index contributed by atoms with van der Waals surface area (Å²) in [6.45, 7) is 7.11. The summed E-state index contributed by atoms with van der Waals surface area (Å²) in [6.07, 6.45) is -0.677. The summed E-state index contributed by atoms with van der Waals surface area (Å²) in [4.78, 5) is 48.0. The first kappa shape index (κ1) is 25.9. The molecule has 31 heavy (non-hydrogen) atoms. The van der Waals surface area contributed by atoms with E-state index in [9.17, 15) is 24.3 Å². The highest BCUT2D eigenvalue weighted by molar-refractivity contribution is 5.97. The van der Waals surface area contributed by atoms with Crippen molar-refractivity contribution in [1.82, 2.24) is 16.0 Å². The Morgan fingerprint density at radius 1 is 1.03 bits per heavy atom. The SMILES string of the molecule is CC[C@H](C)[C@H](NC(=O)CNC(=O)OCc1ccccc1)NC(=O)C(CC(C)C)C(=O)O. The van der Waals surface area contributed by atoms with E-state index in [-0.39, 0.29) is 31.4 Å². The molecule has 0 aliphatic carbocycles. The highest BCUT2D eigenvalue weighted by Crippen LogP contribution is 2.14. The molecule has 0 saturated carbocycles. The smallest absolute Gasteiger partial charge is 0.407 e. The van der Waals surface area contributed by atoms with Crippen molar-refractivity contribution in [1.29, 1.82) is 0 Å². The van der Waals surface area contributed by atoms with Crippen LogP contribution in [0.2, 0.25) is 0 Å². The second kappa shape index (κ2) is 13.3. The number of carbonyl (C=O) groups excluding carboxylic acids is 3. The third-order valence-corrected chi connectivity index (χ3v) is 4.75. The van der Waals surface area contributed by atoms with E-state index in [0.717, 1.165) is 5.56 Å². The molecule has 0 aromatic heterocycles. The van der Waals surface area contributed by atoms with E-state index >= 15 is 0 Å². The van der Waals surface area contributed by atoms with Crippen molar-refractivity contribution in [2.45, 2.75) is 53.3 Å². The molecule has 0 bridgehead atoms. The van der Waals surface area contributed by atoms with Crippen molar-refractivity contribution >= 4 is 23.9 Å². The van der Waals surface area contributed by atoms with Crippen LogP contribution in [0.1, 0.15) is 46.1 Å². The van der Waals surface area contributed by atoms with Crippen LogP contribution in [0.25, 0.3) is 0 Å². The van der Waals surface area contributed by atoms with Gasteiger partial charge in [0, 0.05) is 0 Å². The molecule has 0 heterocycles. The lowest BCUT2D eigenvalue weighted by Crippen LogP contribution is -2.55. The lowest BCUT2D eigenvalue weighted by atomic mass is 9.95. The maximum Gasteiger partial charge on any atom is 0.407 e. The molecule has 0 radical (unpaired) electrons. The molecule has 4 N–H and O–H groups in total. The van der Waals surface area contributed by atoms with Gasteiger partial charge in [-0.25, -0.2) is 4.79 Å². The van der Waals surface area contributed by atoms with Crippen molar-refractivity contribution < 1.29 is 29.0 Å². The first-order chi connectivity index (χ1) is 14.6. The number of carboxylic acid groups (broad SMARTS) is 1. The zero-order valence-electron chi connectivity index (χ0n) is 18.5. The molecular formula is C22H33N3O6. The van der Waals surface area contributed by atoms with Gasteiger partial charge in [0.05, 0.1) is 0 Å². The van der Waals surface area contributed by atoms with Crippen molar-refractivity contribution in [2.24, 2.45) is 17.8 Å². The maximum absolute atomic E-state index is 12.5. The Labute approximate surface area is 182 Å². The van der Waals surface area contributed by atoms with Gasteiger partial charge in [0.1, 0.15) is 25.2 Å². The Morgan fingerprint density at radius 2 is 1.68 bits per heavy atom. The predicted octanol–water partition coefficient (Wildman–Crippen LogP) is 2.26. The first-order valence-electron chi connectivity index (χ1n) is 10.4. The lowest BCUT2D eigenvalue weighted by molar-refractivity contribution is -0.148. The highest BCUT2D eigenvalue weighted by atomic mass is 16.5. The highest BCUT2D eigenvalue weighted by Gasteiger charge is 2.30. The average molecular weight is 436 g/mol. The molecule has 1 rings (SSSR count). The maximum atomic E-state index is 12.5. The fourth-order valence-electron chi connectivity index (χ4n) is 2.75. The Hall–Kier alpha value is -3.10. The van der Waals surface area contributed by atoms with Crippen LogP contribution in [-0.2, 0) is 25.7 Å². The summed E-state index contributed by atoms with van der Waals surface area (Å²) in [7, 11) is 0. The number of hydrogen-bond acceptors (Lipinski definition) is 5. The van der Waals surface area contributed by atoms with E-state index in [4.69, 9.17) is 4.74 Å². The number of rotatable bonds is 12. The molecule has 9 heteroatoms. The van der Waals surface area contributed by atoms with E-state index < -0.39 is 36.0 Å². The van der Waals surface area contributed by atoms with Gasteiger partial charge in [0.2, 0.25) is 11.8 Å². The number of carbonyl (C=O) groups is 4. The van der Waals surface area contributed by atoms with Crippen LogP contribution in [0.15, 0.2) is 30.3 Å². The van der Waals surface area contributed by atoms with Crippen molar-refractivity contribution in [3.8, 4) is 0 Å². The van der Waals surface area contributed by atoms with Crippen molar-refractivity contribution in [3.05, 3.63) is 35.9 Å². The van der Waals surface area contributed by atoms with Gasteiger partial charge in [0.25, 0.3) is 0 Å². The summed E-state index contributed by atoms with van der Waals surface area (Å²) in [5.74, 6) is -3.71. The zero-order valence-corrected chi connectivity index (χ0v) is 18.5. The normalized spacial score (nSPS) is 13.6. The molecule has 3 amide bonds. The van der Waals surface area contributed by atoms with Crippen molar-refractivity contribution in [3.63, 3.8) is 0 Å². The Kier molecular flexibility index (Phi) is 11.1. The second-order valence-corrected chi connectivity index (χ2v) is 7.87. The van der Waals surface area contributed by atoms with Crippen LogP contribution in [0, 0.1) is 17.8 Å². The minimum atomic E-state index is -1.21. The van der Waals surface area contributed by atoms with E-state index in [1.807, 2.05) is 58.0 Å². The molecule has 1 aromatic carbocycles. The van der Waals surface area contributed by atoms with Gasteiger partial charge in [0.15, 0.2) is 0 Å². The van der Waals surface area contributed by atoms with Gasteiger partial charge in [-0.3, -0.25) is 14.4 Å². The average Bonchev–Trinajstić information content (AvgIpc) is 2.73. The third kappa shape index (κ3) is 9.97. The molecule has 9 nitrogen and oxygen atoms in total. The molecule has 1 aromatic rings. The third-order valence-electron chi connectivity index (χ3n) is 4.75. The molecule has 0 aliphatic rings. The predicted molar refractivity (Wildman–Crippen MR) is 115 cm³/mol. The Balaban J connectivity index is 2.58. The van der Waals surface area contributed by atoms with E-state index in [1.165, 1.54) is 0 Å². The lowest BCUT2D eigenvalue weighted by Gasteiger charge is -2.27. The number of amides is 3. The minimum absolute atomic E-state index is 0.0228. The number of alkyl carbamates (subject to hydrolysis) is 1. The van der Waals surface area contributed by atoms with Gasteiger partial charge in [-0.15, -0.1) is 0 Å². The molecule has 1 unspecified atom stereocenters. The van der Waals surface area contributed by atoms with Gasteiger partial charge in [-0.1, -0.05) is 58.0 Å². The van der Waals surface area contributed by atoms with Crippen LogP contribution >= 0.6 is 0 Å². The molecule has 0 saturated heterocycles. The van der Waals surface area contributed by atoms with Gasteiger partial charge >= 0.3 is 12.1 Å². The van der Waals surface area contributed by atoms with Crippen LogP contribution in [-0.4, -0.2) is 41.7 Å². The monoisotopic (exact) mass is 435 g/mol. The van der Waals surface area contributed by atoms with Crippen LogP contribution in [0.5, 0.6) is 0 Å². The summed E-state index contributed by atoms with van der Waals surface area (Å²) >= 11 is 0. The standard InChI is InChI=1S/C22H33N3O6/c1-5-15(4)19(25-20(27)17(21(28)29)11-14(2)3)24-18(26)12-23-22(30)31-13-16-9-7-6-8-10-16/h6-10,14-15,17,19H,5,11-13H2,1-4H3,(H,23,30)(H,24,26)(H,25,27)(H,28,29)/t15-,17?,19+/m0/s1. The minimum Gasteiger partial charge on any atom is -0.481 e. The van der Waals surface area contributed by atoms with Crippen molar-refractivity contribution in [2.75, 3.05) is 6.54 Å². The van der Waals surface area contributed by atoms with E-state index in [2.05, 4.69) is 16.0 Å². The topological polar surface area (TPSA) is 134 Å². The first-order valence-corrected chi connectivity index (χ1v) is 10.4. The Bertz CT molecular complexity index is 738. The largest absolute Gasteiger partial charge is 0.481 e. The molecule has 0 aliphatic heterocycles. The number of hydrogen-bond donors (Lipinski definition) is 4. The number of benzene rings is 1. The van der Waals surface area contributed by atoms with Crippen LogP contribution in [0.4, 0.5) is 4.79 Å². The van der Waals surface area contributed by atoms with E-state index in [0.29, 0.717) is 6.42 Å². The summed E-state index contributed by atoms with van der Waals surface area (Å²) in [5.41, 5.74) is 0.816. The van der Waals surface area contributed by atoms with Crippen LogP contribution in [0.3, 0.4) is 0 Å². The molecular weight excluding hydrogens is 402 g/mol. The van der Waals surface area contributed by atoms with Gasteiger partial charge < -0.3 is 25.8 Å². The molecule has 3 atom stereocenters. The van der Waals surface area contributed by atoms with E-state index in [1.54, 1.807) is 0 Å². The molecule has 0 fully saturated rings. The van der Waals surface area contributed by atoms with Gasteiger partial charge in [-0.2, -0.15) is 0 Å². The second-order valence-electron chi connectivity index (χ2n) is 7.87. The number of ether oxygens (including phenoxy) is 1. The zero-order chi connectivity index (χ0) is 23.4. The van der Waals surface area contributed by atoms with Gasteiger partial charge in [-0.05, 0) is 30.2 Å². The number of nitrogens with one attached hydrogen (secondary N) is 3. The summed E-state index contributed by atoms with van der Waals surface area (Å²) in [5, 5.41) is 17.0. The summed E-state index contributed by atoms with van der Waals surface area (Å²) < 4.78 is 5.05. The molecule has 172 valence electrons. The fourth-order valence-corrected chi connectivity index (χ4v) is 2.75. The molecule has 0 spiro atoms. The quantitative estimate of drug-likeness (QED) is 0.294. The number of aliphatic carboxylic acids is 1. The fraction of sp³-hybridized carbons (Fsp3) is 0.545. The number of carboxylic acids is 1. The Morgan fingerprint density at radius 3 is 2.23 bits per heavy atom.